The molecule has 0 unspecified atom stereocenters. The zero-order valence-corrected chi connectivity index (χ0v) is 11.0. The summed E-state index contributed by atoms with van der Waals surface area (Å²) < 4.78 is 0. The van der Waals surface area contributed by atoms with Crippen molar-refractivity contribution in [1.29, 1.82) is 0 Å². The van der Waals surface area contributed by atoms with Gasteiger partial charge in [-0.05, 0) is 18.8 Å². The SMILES string of the molecule is CC(C)CN1CCN(C(=NC2CC2)NN)CC1. The van der Waals surface area contributed by atoms with Gasteiger partial charge in [-0.2, -0.15) is 0 Å². The topological polar surface area (TPSA) is 56.9 Å². The lowest BCUT2D eigenvalue weighted by atomic mass is 10.2. The van der Waals surface area contributed by atoms with E-state index in [1.54, 1.807) is 0 Å². The van der Waals surface area contributed by atoms with E-state index < -0.39 is 0 Å². The molecule has 17 heavy (non-hydrogen) atoms. The molecule has 1 aliphatic heterocycles. The molecule has 3 N–H and O–H groups in total. The predicted octanol–water partition coefficient (Wildman–Crippen LogP) is 0.242. The average molecular weight is 239 g/mol. The van der Waals surface area contributed by atoms with Crippen molar-refractivity contribution in [2.24, 2.45) is 16.8 Å². The fourth-order valence-corrected chi connectivity index (χ4v) is 2.25. The van der Waals surface area contributed by atoms with Crippen molar-refractivity contribution in [3.05, 3.63) is 0 Å². The molecule has 0 atom stereocenters. The molecule has 1 saturated carbocycles. The number of rotatable bonds is 3. The van der Waals surface area contributed by atoms with E-state index in [9.17, 15) is 0 Å². The van der Waals surface area contributed by atoms with Gasteiger partial charge in [0.05, 0.1) is 6.04 Å². The van der Waals surface area contributed by atoms with Crippen LogP contribution in [0.2, 0.25) is 0 Å². The van der Waals surface area contributed by atoms with Crippen LogP contribution in [0.25, 0.3) is 0 Å². The lowest BCUT2D eigenvalue weighted by molar-refractivity contribution is 0.164. The third-order valence-corrected chi connectivity index (χ3v) is 3.28. The standard InChI is InChI=1S/C12H25N5/c1-10(2)9-16-5-7-17(8-6-16)12(15-13)14-11-3-4-11/h10-11H,3-9,13H2,1-2H3,(H,14,15). The number of hydrogen-bond donors (Lipinski definition) is 2. The van der Waals surface area contributed by atoms with Crippen molar-refractivity contribution in [1.82, 2.24) is 15.2 Å². The van der Waals surface area contributed by atoms with Crippen molar-refractivity contribution < 1.29 is 0 Å². The highest BCUT2D eigenvalue weighted by Crippen LogP contribution is 2.23. The molecule has 0 aromatic heterocycles. The van der Waals surface area contributed by atoms with Gasteiger partial charge in [-0.25, -0.2) is 10.8 Å². The summed E-state index contributed by atoms with van der Waals surface area (Å²) in [5.74, 6) is 7.19. The van der Waals surface area contributed by atoms with Crippen molar-refractivity contribution in [3.8, 4) is 0 Å². The molecule has 1 heterocycles. The van der Waals surface area contributed by atoms with Gasteiger partial charge in [0.1, 0.15) is 0 Å². The van der Waals surface area contributed by atoms with E-state index in [0.717, 1.165) is 38.1 Å². The molecule has 5 nitrogen and oxygen atoms in total. The molecule has 0 aromatic carbocycles. The number of nitrogens with zero attached hydrogens (tertiary/aromatic N) is 3. The summed E-state index contributed by atoms with van der Waals surface area (Å²) in [4.78, 5) is 9.40. The van der Waals surface area contributed by atoms with Crippen LogP contribution in [0.1, 0.15) is 26.7 Å². The van der Waals surface area contributed by atoms with E-state index >= 15 is 0 Å². The minimum atomic E-state index is 0.523. The highest BCUT2D eigenvalue weighted by Gasteiger charge is 2.24. The number of piperazine rings is 1. The summed E-state index contributed by atoms with van der Waals surface area (Å²) in [6.07, 6.45) is 2.44. The second-order valence-electron chi connectivity index (χ2n) is 5.51. The van der Waals surface area contributed by atoms with Crippen LogP contribution in [0.3, 0.4) is 0 Å². The smallest absolute Gasteiger partial charge is 0.208 e. The maximum atomic E-state index is 5.56. The first kappa shape index (κ1) is 12.6. The lowest BCUT2D eigenvalue weighted by Crippen LogP contribution is -2.54. The van der Waals surface area contributed by atoms with Gasteiger partial charge < -0.3 is 4.90 Å². The number of hydrogen-bond acceptors (Lipinski definition) is 3. The highest BCUT2D eigenvalue weighted by molar-refractivity contribution is 5.79. The van der Waals surface area contributed by atoms with Crippen LogP contribution >= 0.6 is 0 Å². The quantitative estimate of drug-likeness (QED) is 0.321. The third-order valence-electron chi connectivity index (χ3n) is 3.28. The van der Waals surface area contributed by atoms with E-state index in [0.29, 0.717) is 6.04 Å². The van der Waals surface area contributed by atoms with Gasteiger partial charge in [0.25, 0.3) is 0 Å². The number of hydrazine groups is 1. The molecule has 2 fully saturated rings. The van der Waals surface area contributed by atoms with Gasteiger partial charge in [-0.15, -0.1) is 0 Å². The minimum absolute atomic E-state index is 0.523. The Balaban J connectivity index is 1.80. The average Bonchev–Trinajstić information content (AvgIpc) is 3.10. The van der Waals surface area contributed by atoms with Crippen LogP contribution in [0.15, 0.2) is 4.99 Å². The summed E-state index contributed by atoms with van der Waals surface area (Å²) in [7, 11) is 0. The van der Waals surface area contributed by atoms with Gasteiger partial charge in [-0.1, -0.05) is 13.8 Å². The first-order valence-electron chi connectivity index (χ1n) is 6.70. The molecule has 5 heteroatoms. The Labute approximate surface area is 104 Å². The van der Waals surface area contributed by atoms with E-state index in [1.165, 1.54) is 19.4 Å². The van der Waals surface area contributed by atoms with E-state index in [4.69, 9.17) is 5.84 Å². The van der Waals surface area contributed by atoms with Crippen LogP contribution in [-0.2, 0) is 0 Å². The normalized spacial score (nSPS) is 23.3. The highest BCUT2D eigenvalue weighted by atomic mass is 15.4. The number of guanidine groups is 1. The first-order chi connectivity index (χ1) is 8.19. The molecule has 0 bridgehead atoms. The zero-order valence-electron chi connectivity index (χ0n) is 11.0. The Morgan fingerprint density at radius 3 is 2.41 bits per heavy atom. The molecule has 0 amide bonds. The molecule has 98 valence electrons. The molecular weight excluding hydrogens is 214 g/mol. The molecule has 1 saturated heterocycles. The Hall–Kier alpha value is -0.810. The van der Waals surface area contributed by atoms with Gasteiger partial charge in [0.2, 0.25) is 5.96 Å². The van der Waals surface area contributed by atoms with Crippen LogP contribution in [0.4, 0.5) is 0 Å². The predicted molar refractivity (Wildman–Crippen MR) is 70.6 cm³/mol. The second-order valence-corrected chi connectivity index (χ2v) is 5.51. The molecular formula is C12H25N5. The van der Waals surface area contributed by atoms with Crippen LogP contribution in [0.5, 0.6) is 0 Å². The molecule has 2 rings (SSSR count). The Kier molecular flexibility index (Phi) is 4.23. The van der Waals surface area contributed by atoms with Crippen LogP contribution in [0, 0.1) is 5.92 Å². The molecule has 1 aliphatic carbocycles. The molecule has 2 aliphatic rings. The van der Waals surface area contributed by atoms with Crippen LogP contribution in [-0.4, -0.2) is 54.5 Å². The summed E-state index contributed by atoms with van der Waals surface area (Å²) in [5, 5.41) is 0. The minimum Gasteiger partial charge on any atom is -0.339 e. The van der Waals surface area contributed by atoms with Gasteiger partial charge >= 0.3 is 0 Å². The van der Waals surface area contributed by atoms with Crippen molar-refractivity contribution >= 4 is 5.96 Å². The van der Waals surface area contributed by atoms with E-state index in [2.05, 4.69) is 34.1 Å². The number of nitrogens with two attached hydrogens (primary N) is 1. The summed E-state index contributed by atoms with van der Waals surface area (Å²) >= 11 is 0. The second kappa shape index (κ2) is 5.69. The van der Waals surface area contributed by atoms with Crippen molar-refractivity contribution in [2.45, 2.75) is 32.7 Å². The van der Waals surface area contributed by atoms with E-state index in [-0.39, 0.29) is 0 Å². The first-order valence-corrected chi connectivity index (χ1v) is 6.70. The number of aliphatic imine (C=N–C) groups is 1. The van der Waals surface area contributed by atoms with Gasteiger partial charge in [0.15, 0.2) is 0 Å². The van der Waals surface area contributed by atoms with Gasteiger partial charge in [0, 0.05) is 32.7 Å². The van der Waals surface area contributed by atoms with E-state index in [1.807, 2.05) is 0 Å². The Bertz CT molecular complexity index is 264. The fourth-order valence-electron chi connectivity index (χ4n) is 2.25. The van der Waals surface area contributed by atoms with Crippen LogP contribution < -0.4 is 11.3 Å². The zero-order chi connectivity index (χ0) is 12.3. The maximum Gasteiger partial charge on any atom is 0.208 e. The Morgan fingerprint density at radius 2 is 1.94 bits per heavy atom. The molecule has 0 spiro atoms. The fraction of sp³-hybridized carbons (Fsp3) is 0.917. The van der Waals surface area contributed by atoms with Crippen molar-refractivity contribution in [2.75, 3.05) is 32.7 Å². The third kappa shape index (κ3) is 3.85. The summed E-state index contributed by atoms with van der Waals surface area (Å²) in [6.45, 7) is 10.0. The maximum absolute atomic E-state index is 5.56. The van der Waals surface area contributed by atoms with Gasteiger partial charge in [-0.3, -0.25) is 10.3 Å². The Morgan fingerprint density at radius 1 is 1.29 bits per heavy atom. The monoisotopic (exact) mass is 239 g/mol. The lowest BCUT2D eigenvalue weighted by Gasteiger charge is -2.36. The largest absolute Gasteiger partial charge is 0.339 e. The number of nitrogens with one attached hydrogen (secondary N) is 1. The summed E-state index contributed by atoms with van der Waals surface area (Å²) in [5.41, 5.74) is 2.76. The molecule has 0 aromatic rings. The van der Waals surface area contributed by atoms with Crippen molar-refractivity contribution in [3.63, 3.8) is 0 Å². The molecule has 0 radical (unpaired) electrons. The summed E-state index contributed by atoms with van der Waals surface area (Å²) in [6, 6.07) is 0.523.